The highest BCUT2D eigenvalue weighted by Crippen LogP contribution is 2.35. The van der Waals surface area contributed by atoms with Gasteiger partial charge in [0.15, 0.2) is 0 Å². The summed E-state index contributed by atoms with van der Waals surface area (Å²) in [6, 6.07) is 23.3. The molecular weight excluding hydrogens is 384 g/mol. The Morgan fingerprint density at radius 3 is 2.48 bits per heavy atom. The molecule has 0 saturated heterocycles. The average Bonchev–Trinajstić information content (AvgIpc) is 2.74. The Kier molecular flexibility index (Phi) is 6.32. The lowest BCUT2D eigenvalue weighted by atomic mass is 10.1. The molecule has 1 amide bonds. The highest BCUT2D eigenvalue weighted by Gasteiger charge is 2.15. The molecule has 3 rings (SSSR count). The van der Waals surface area contributed by atoms with E-state index in [9.17, 15) is 14.7 Å². The molecule has 0 aliphatic heterocycles. The Morgan fingerprint density at radius 2 is 1.79 bits per heavy atom. The average molecular weight is 402 g/mol. The highest BCUT2D eigenvalue weighted by molar-refractivity contribution is 7.99. The van der Waals surface area contributed by atoms with Crippen LogP contribution in [0.1, 0.15) is 44.0 Å². The van der Waals surface area contributed by atoms with Crippen LogP contribution in [0.4, 0.5) is 5.69 Å². The van der Waals surface area contributed by atoms with Gasteiger partial charge in [-0.3, -0.25) is 4.79 Å². The van der Waals surface area contributed by atoms with E-state index in [1.165, 1.54) is 23.8 Å². The number of hydrogen-bond donors (Lipinski definition) is 2. The second-order valence-corrected chi connectivity index (χ2v) is 7.74. The Morgan fingerprint density at radius 1 is 1.03 bits per heavy atom. The van der Waals surface area contributed by atoms with Crippen LogP contribution in [0.25, 0.3) is 0 Å². The zero-order valence-corrected chi connectivity index (χ0v) is 16.4. The van der Waals surface area contributed by atoms with Crippen LogP contribution in [0, 0.1) is 11.3 Å². The van der Waals surface area contributed by atoms with Gasteiger partial charge < -0.3 is 10.4 Å². The first-order valence-electron chi connectivity index (χ1n) is 8.88. The van der Waals surface area contributed by atoms with Gasteiger partial charge in [-0.1, -0.05) is 36.4 Å². The van der Waals surface area contributed by atoms with Gasteiger partial charge in [0.2, 0.25) is 0 Å². The van der Waals surface area contributed by atoms with Gasteiger partial charge in [-0.25, -0.2) is 4.79 Å². The van der Waals surface area contributed by atoms with E-state index in [2.05, 4.69) is 24.4 Å². The van der Waals surface area contributed by atoms with Gasteiger partial charge in [0.05, 0.1) is 22.9 Å². The molecule has 0 fully saturated rings. The number of hydrogen-bond acceptors (Lipinski definition) is 4. The minimum atomic E-state index is -1.21. The van der Waals surface area contributed by atoms with Gasteiger partial charge in [0.1, 0.15) is 0 Å². The van der Waals surface area contributed by atoms with Crippen LogP contribution in [0.3, 0.4) is 0 Å². The minimum absolute atomic E-state index is 0.124. The SMILES string of the molecule is CC(Sc1cccc(C(=O)Nc2ccc(C#N)cc2C(=O)O)c1)c1ccccc1. The van der Waals surface area contributed by atoms with E-state index in [1.807, 2.05) is 30.3 Å². The van der Waals surface area contributed by atoms with Crippen molar-refractivity contribution in [3.8, 4) is 6.07 Å². The lowest BCUT2D eigenvalue weighted by molar-refractivity contribution is 0.0698. The quantitative estimate of drug-likeness (QED) is 0.542. The van der Waals surface area contributed by atoms with Gasteiger partial charge in [0.25, 0.3) is 5.91 Å². The van der Waals surface area contributed by atoms with E-state index in [4.69, 9.17) is 5.26 Å². The van der Waals surface area contributed by atoms with Gasteiger partial charge in [-0.05, 0) is 48.9 Å². The molecule has 6 heteroatoms. The standard InChI is InChI=1S/C23H18N2O3S/c1-15(17-6-3-2-4-7-17)29-19-9-5-8-18(13-19)22(26)25-21-11-10-16(14-24)12-20(21)23(27)28/h2-13,15H,1H3,(H,25,26)(H,27,28). The molecule has 1 unspecified atom stereocenters. The summed E-state index contributed by atoms with van der Waals surface area (Å²) < 4.78 is 0. The van der Waals surface area contributed by atoms with Crippen molar-refractivity contribution in [1.82, 2.24) is 0 Å². The largest absolute Gasteiger partial charge is 0.478 e. The molecule has 0 aliphatic carbocycles. The highest BCUT2D eigenvalue weighted by atomic mass is 32.2. The molecule has 2 N–H and O–H groups in total. The van der Waals surface area contributed by atoms with Crippen molar-refractivity contribution < 1.29 is 14.7 Å². The van der Waals surface area contributed by atoms with E-state index in [-0.39, 0.29) is 22.1 Å². The Hall–Kier alpha value is -3.56. The number of nitrogens with zero attached hydrogens (tertiary/aromatic N) is 1. The van der Waals surface area contributed by atoms with Crippen molar-refractivity contribution in [2.75, 3.05) is 5.32 Å². The second-order valence-electron chi connectivity index (χ2n) is 6.33. The zero-order chi connectivity index (χ0) is 20.8. The summed E-state index contributed by atoms with van der Waals surface area (Å²) in [6.07, 6.45) is 0. The van der Waals surface area contributed by atoms with Crippen LogP contribution in [0.2, 0.25) is 0 Å². The molecular formula is C23H18N2O3S. The third kappa shape index (κ3) is 5.03. The number of amides is 1. The van der Waals surface area contributed by atoms with E-state index in [0.29, 0.717) is 5.56 Å². The van der Waals surface area contributed by atoms with Gasteiger partial charge in [-0.2, -0.15) is 5.26 Å². The molecule has 3 aromatic carbocycles. The van der Waals surface area contributed by atoms with Gasteiger partial charge in [-0.15, -0.1) is 11.8 Å². The number of carbonyl (C=O) groups excluding carboxylic acids is 1. The topological polar surface area (TPSA) is 90.2 Å². The fraction of sp³-hybridized carbons (Fsp3) is 0.0870. The minimum Gasteiger partial charge on any atom is -0.478 e. The summed E-state index contributed by atoms with van der Waals surface area (Å²) in [7, 11) is 0. The Bertz CT molecular complexity index is 1090. The fourth-order valence-corrected chi connectivity index (χ4v) is 3.85. The molecule has 144 valence electrons. The molecule has 0 bridgehead atoms. The van der Waals surface area contributed by atoms with E-state index in [1.54, 1.807) is 30.0 Å². The van der Waals surface area contributed by atoms with Crippen LogP contribution in [-0.4, -0.2) is 17.0 Å². The smallest absolute Gasteiger partial charge is 0.337 e. The van der Waals surface area contributed by atoms with Crippen LogP contribution in [-0.2, 0) is 0 Å². The van der Waals surface area contributed by atoms with Crippen LogP contribution in [0.5, 0.6) is 0 Å². The van der Waals surface area contributed by atoms with Gasteiger partial charge in [0, 0.05) is 15.7 Å². The van der Waals surface area contributed by atoms with E-state index >= 15 is 0 Å². The third-order valence-electron chi connectivity index (χ3n) is 4.31. The van der Waals surface area contributed by atoms with Gasteiger partial charge >= 0.3 is 5.97 Å². The molecule has 0 radical (unpaired) electrons. The van der Waals surface area contributed by atoms with Crippen molar-refractivity contribution in [3.63, 3.8) is 0 Å². The molecule has 0 heterocycles. The summed E-state index contributed by atoms with van der Waals surface area (Å²) in [5.74, 6) is -1.62. The molecule has 0 saturated carbocycles. The summed E-state index contributed by atoms with van der Waals surface area (Å²) in [5.41, 5.74) is 1.86. The maximum Gasteiger partial charge on any atom is 0.337 e. The summed E-state index contributed by atoms with van der Waals surface area (Å²) in [4.78, 5) is 25.1. The molecule has 5 nitrogen and oxygen atoms in total. The molecule has 29 heavy (non-hydrogen) atoms. The number of anilines is 1. The zero-order valence-electron chi connectivity index (χ0n) is 15.6. The Labute approximate surface area is 173 Å². The maximum atomic E-state index is 12.7. The number of thioether (sulfide) groups is 1. The lowest BCUT2D eigenvalue weighted by Crippen LogP contribution is -2.15. The van der Waals surface area contributed by atoms with E-state index < -0.39 is 11.9 Å². The number of carboxylic acid groups (broad SMARTS) is 1. The van der Waals surface area contributed by atoms with Crippen molar-refractivity contribution in [2.45, 2.75) is 17.1 Å². The third-order valence-corrected chi connectivity index (χ3v) is 5.46. The molecule has 0 aliphatic rings. The van der Waals surface area contributed by atoms with Crippen molar-refractivity contribution in [2.24, 2.45) is 0 Å². The van der Waals surface area contributed by atoms with Crippen LogP contribution < -0.4 is 5.32 Å². The number of rotatable bonds is 6. The van der Waals surface area contributed by atoms with Crippen molar-refractivity contribution in [3.05, 3.63) is 95.1 Å². The number of nitriles is 1. The first-order valence-corrected chi connectivity index (χ1v) is 9.76. The summed E-state index contributed by atoms with van der Waals surface area (Å²) in [6.45, 7) is 2.10. The predicted molar refractivity (Wildman–Crippen MR) is 113 cm³/mol. The maximum absolute atomic E-state index is 12.7. The predicted octanol–water partition coefficient (Wildman–Crippen LogP) is 5.36. The second kappa shape index (κ2) is 9.09. The number of carboxylic acids is 1. The number of aromatic carboxylic acids is 1. The summed E-state index contributed by atoms with van der Waals surface area (Å²) >= 11 is 1.64. The molecule has 1 atom stereocenters. The Balaban J connectivity index is 1.78. The van der Waals surface area contributed by atoms with Crippen molar-refractivity contribution in [1.29, 1.82) is 5.26 Å². The van der Waals surface area contributed by atoms with Crippen LogP contribution in [0.15, 0.2) is 77.7 Å². The molecule has 0 spiro atoms. The van der Waals surface area contributed by atoms with E-state index in [0.717, 1.165) is 4.90 Å². The van der Waals surface area contributed by atoms with Crippen LogP contribution >= 0.6 is 11.8 Å². The number of nitrogens with one attached hydrogen (secondary N) is 1. The van der Waals surface area contributed by atoms with Crippen molar-refractivity contribution >= 4 is 29.3 Å². The number of benzene rings is 3. The first-order chi connectivity index (χ1) is 14.0. The molecule has 3 aromatic rings. The molecule has 0 aromatic heterocycles. The normalized spacial score (nSPS) is 11.3. The lowest BCUT2D eigenvalue weighted by Gasteiger charge is -2.13. The monoisotopic (exact) mass is 402 g/mol. The fourth-order valence-electron chi connectivity index (χ4n) is 2.80. The first kappa shape index (κ1) is 20.2. The summed E-state index contributed by atoms with van der Waals surface area (Å²) in [5, 5.41) is 21.2. The number of carbonyl (C=O) groups is 2.